The summed E-state index contributed by atoms with van der Waals surface area (Å²) in [6.07, 6.45) is 0. The van der Waals surface area contributed by atoms with Crippen molar-refractivity contribution in [2.24, 2.45) is 5.84 Å². The van der Waals surface area contributed by atoms with Gasteiger partial charge in [0.25, 0.3) is 0 Å². The maximum atomic E-state index is 5.81. The zero-order valence-corrected chi connectivity index (χ0v) is 10.6. The second kappa shape index (κ2) is 5.66. The number of benzene rings is 1. The Hall–Kier alpha value is -1.85. The quantitative estimate of drug-likeness (QED) is 0.655. The number of anilines is 1. The van der Waals surface area contributed by atoms with Gasteiger partial charge in [-0.05, 0) is 24.6 Å². The van der Waals surface area contributed by atoms with Gasteiger partial charge in [-0.15, -0.1) is 0 Å². The van der Waals surface area contributed by atoms with Gasteiger partial charge in [-0.25, -0.2) is 10.8 Å². The summed E-state index contributed by atoms with van der Waals surface area (Å²) in [5.74, 6) is 6.89. The summed E-state index contributed by atoms with van der Waals surface area (Å²) in [5, 5.41) is 0.700. The molecule has 94 valence electrons. The van der Waals surface area contributed by atoms with Crippen molar-refractivity contribution < 1.29 is 4.74 Å². The Bertz CT molecular complexity index is 530. The van der Waals surface area contributed by atoms with Crippen molar-refractivity contribution in [3.8, 4) is 5.88 Å². The zero-order valence-electron chi connectivity index (χ0n) is 9.85. The summed E-state index contributed by atoms with van der Waals surface area (Å²) < 4.78 is 5.57. The first kappa shape index (κ1) is 12.6. The van der Waals surface area contributed by atoms with Crippen LogP contribution in [0.15, 0.2) is 30.3 Å². The van der Waals surface area contributed by atoms with E-state index in [-0.39, 0.29) is 0 Å². The van der Waals surface area contributed by atoms with E-state index in [1.165, 1.54) is 0 Å². The maximum Gasteiger partial charge on any atom is 0.219 e. The van der Waals surface area contributed by atoms with Gasteiger partial charge in [0.1, 0.15) is 18.2 Å². The van der Waals surface area contributed by atoms with Crippen molar-refractivity contribution >= 4 is 17.4 Å². The minimum absolute atomic E-state index is 0.414. The Morgan fingerprint density at radius 1 is 1.28 bits per heavy atom. The fraction of sp³-hybridized carbons (Fsp3) is 0.167. The molecule has 1 aromatic carbocycles. The van der Waals surface area contributed by atoms with Gasteiger partial charge in [0.2, 0.25) is 5.88 Å². The highest BCUT2D eigenvalue weighted by Crippen LogP contribution is 2.15. The SMILES string of the molecule is Cc1nc(NN)cc(OCc2ccc(Cl)cc2)n1. The molecule has 5 nitrogen and oxygen atoms in total. The molecule has 0 amide bonds. The highest BCUT2D eigenvalue weighted by molar-refractivity contribution is 6.30. The lowest BCUT2D eigenvalue weighted by Gasteiger charge is -2.07. The first-order valence-corrected chi connectivity index (χ1v) is 5.75. The largest absolute Gasteiger partial charge is 0.473 e. The van der Waals surface area contributed by atoms with Crippen molar-refractivity contribution in [2.75, 3.05) is 5.43 Å². The summed E-state index contributed by atoms with van der Waals surface area (Å²) in [4.78, 5) is 8.23. The second-order valence-corrected chi connectivity index (χ2v) is 4.13. The van der Waals surface area contributed by atoms with E-state index in [2.05, 4.69) is 15.4 Å². The van der Waals surface area contributed by atoms with E-state index in [0.717, 1.165) is 5.56 Å². The van der Waals surface area contributed by atoms with E-state index >= 15 is 0 Å². The molecule has 0 aliphatic carbocycles. The number of rotatable bonds is 4. The number of aryl methyl sites for hydroxylation is 1. The van der Waals surface area contributed by atoms with Crippen LogP contribution in [0.2, 0.25) is 5.02 Å². The van der Waals surface area contributed by atoms with Crippen LogP contribution in [0.3, 0.4) is 0 Å². The third-order valence-electron chi connectivity index (χ3n) is 2.26. The van der Waals surface area contributed by atoms with Crippen LogP contribution in [-0.4, -0.2) is 9.97 Å². The molecule has 0 unspecified atom stereocenters. The monoisotopic (exact) mass is 264 g/mol. The molecule has 6 heteroatoms. The maximum absolute atomic E-state index is 5.81. The van der Waals surface area contributed by atoms with Gasteiger partial charge in [-0.1, -0.05) is 23.7 Å². The molecule has 2 rings (SSSR count). The molecule has 0 aliphatic heterocycles. The average molecular weight is 265 g/mol. The third kappa shape index (κ3) is 3.32. The number of ether oxygens (including phenoxy) is 1. The average Bonchev–Trinajstić information content (AvgIpc) is 2.37. The van der Waals surface area contributed by atoms with E-state index in [9.17, 15) is 0 Å². The molecule has 0 fully saturated rings. The van der Waals surface area contributed by atoms with Gasteiger partial charge in [-0.2, -0.15) is 4.98 Å². The predicted octanol–water partition coefficient (Wildman–Crippen LogP) is 2.30. The van der Waals surface area contributed by atoms with E-state index in [4.69, 9.17) is 22.2 Å². The molecule has 0 aliphatic rings. The van der Waals surface area contributed by atoms with E-state index in [1.54, 1.807) is 13.0 Å². The fourth-order valence-corrected chi connectivity index (χ4v) is 1.55. The first-order chi connectivity index (χ1) is 8.67. The highest BCUT2D eigenvalue weighted by atomic mass is 35.5. The molecule has 1 aromatic heterocycles. The number of halogens is 1. The number of hydrazine groups is 1. The summed E-state index contributed by atoms with van der Waals surface area (Å²) in [7, 11) is 0. The van der Waals surface area contributed by atoms with Gasteiger partial charge < -0.3 is 10.2 Å². The van der Waals surface area contributed by atoms with Gasteiger partial charge in [0.15, 0.2) is 0 Å². The van der Waals surface area contributed by atoms with Gasteiger partial charge >= 0.3 is 0 Å². The molecular weight excluding hydrogens is 252 g/mol. The number of hydrogen-bond donors (Lipinski definition) is 2. The smallest absolute Gasteiger partial charge is 0.219 e. The number of nitrogens with one attached hydrogen (secondary N) is 1. The molecule has 18 heavy (non-hydrogen) atoms. The van der Waals surface area contributed by atoms with Crippen molar-refractivity contribution in [3.63, 3.8) is 0 Å². The van der Waals surface area contributed by atoms with Crippen molar-refractivity contribution in [1.82, 2.24) is 9.97 Å². The number of nitrogen functional groups attached to an aromatic ring is 1. The van der Waals surface area contributed by atoms with Crippen LogP contribution in [0, 0.1) is 6.92 Å². The van der Waals surface area contributed by atoms with E-state index < -0.39 is 0 Å². The van der Waals surface area contributed by atoms with Crippen LogP contribution in [0.4, 0.5) is 5.82 Å². The minimum atomic E-state index is 0.414. The Morgan fingerprint density at radius 3 is 2.67 bits per heavy atom. The Morgan fingerprint density at radius 2 is 2.00 bits per heavy atom. The highest BCUT2D eigenvalue weighted by Gasteiger charge is 2.02. The number of nitrogens with two attached hydrogens (primary N) is 1. The topological polar surface area (TPSA) is 73.1 Å². The van der Waals surface area contributed by atoms with E-state index in [0.29, 0.717) is 29.2 Å². The fourth-order valence-electron chi connectivity index (χ4n) is 1.43. The van der Waals surface area contributed by atoms with Gasteiger partial charge in [-0.3, -0.25) is 0 Å². The predicted molar refractivity (Wildman–Crippen MR) is 70.4 cm³/mol. The summed E-state index contributed by atoms with van der Waals surface area (Å²) in [6.45, 7) is 2.19. The van der Waals surface area contributed by atoms with Crippen LogP contribution >= 0.6 is 11.6 Å². The Kier molecular flexibility index (Phi) is 3.96. The number of nitrogens with zero attached hydrogens (tertiary/aromatic N) is 2. The normalized spacial score (nSPS) is 10.2. The zero-order chi connectivity index (χ0) is 13.0. The molecular formula is C12H13ClN4O. The molecule has 3 N–H and O–H groups in total. The number of aromatic nitrogens is 2. The number of hydrogen-bond acceptors (Lipinski definition) is 5. The molecule has 0 saturated heterocycles. The third-order valence-corrected chi connectivity index (χ3v) is 2.51. The van der Waals surface area contributed by atoms with Crippen molar-refractivity contribution in [2.45, 2.75) is 13.5 Å². The van der Waals surface area contributed by atoms with Crippen molar-refractivity contribution in [1.29, 1.82) is 0 Å². The molecule has 0 saturated carbocycles. The van der Waals surface area contributed by atoms with Crippen LogP contribution in [0.5, 0.6) is 5.88 Å². The summed E-state index contributed by atoms with van der Waals surface area (Å²) in [5.41, 5.74) is 3.48. The Balaban J connectivity index is 2.05. The molecule has 0 bridgehead atoms. The van der Waals surface area contributed by atoms with Gasteiger partial charge in [0.05, 0.1) is 0 Å². The molecule has 0 spiro atoms. The first-order valence-electron chi connectivity index (χ1n) is 5.37. The molecule has 2 aromatic rings. The second-order valence-electron chi connectivity index (χ2n) is 3.70. The lowest BCUT2D eigenvalue weighted by Crippen LogP contribution is -2.10. The lowest BCUT2D eigenvalue weighted by molar-refractivity contribution is 0.293. The van der Waals surface area contributed by atoms with Crippen LogP contribution < -0.4 is 16.0 Å². The summed E-state index contributed by atoms with van der Waals surface area (Å²) >= 11 is 5.81. The summed E-state index contributed by atoms with van der Waals surface area (Å²) in [6, 6.07) is 9.08. The minimum Gasteiger partial charge on any atom is -0.473 e. The van der Waals surface area contributed by atoms with E-state index in [1.807, 2.05) is 24.3 Å². The van der Waals surface area contributed by atoms with Gasteiger partial charge in [0, 0.05) is 11.1 Å². The van der Waals surface area contributed by atoms with Crippen LogP contribution in [0.1, 0.15) is 11.4 Å². The lowest BCUT2D eigenvalue weighted by atomic mass is 10.2. The Labute approximate surface area is 110 Å². The molecule has 1 heterocycles. The van der Waals surface area contributed by atoms with Crippen LogP contribution in [-0.2, 0) is 6.61 Å². The van der Waals surface area contributed by atoms with Crippen LogP contribution in [0.25, 0.3) is 0 Å². The molecule has 0 atom stereocenters. The molecule has 0 radical (unpaired) electrons. The standard InChI is InChI=1S/C12H13ClN4O/c1-8-15-11(17-14)6-12(16-8)18-7-9-2-4-10(13)5-3-9/h2-6H,7,14H2,1H3,(H,15,16,17). The van der Waals surface area contributed by atoms with Crippen molar-refractivity contribution in [3.05, 3.63) is 46.7 Å².